The van der Waals surface area contributed by atoms with E-state index < -0.39 is 76.2 Å². The summed E-state index contributed by atoms with van der Waals surface area (Å²) in [5.41, 5.74) is 3.71. The predicted octanol–water partition coefficient (Wildman–Crippen LogP) is 0.740. The highest BCUT2D eigenvalue weighted by molar-refractivity contribution is 6.32. The van der Waals surface area contributed by atoms with E-state index in [4.69, 9.17) is 10.5 Å². The van der Waals surface area contributed by atoms with Crippen molar-refractivity contribution in [1.29, 1.82) is 0 Å². The molecule has 240 valence electrons. The van der Waals surface area contributed by atoms with Gasteiger partial charge in [0, 0.05) is 37.8 Å². The number of alkyl carbamates (subject to hydrolysis) is 1. The van der Waals surface area contributed by atoms with Crippen molar-refractivity contribution in [2.75, 3.05) is 39.7 Å². The molecule has 0 spiro atoms. The SMILES string of the molecule is CCCCCCOC(=O)NCc1cc(N(C)C)c2c(c1O)C(=O)C1C(=O)[C@@]3(O)C(=O)C(C(N)=O)C(=O)[C@H](N(C)C)[C@H]3C[C@H]1C2. The number of fused-ring (bicyclic) bond motifs is 3. The zero-order valence-electron chi connectivity index (χ0n) is 25.8. The van der Waals surface area contributed by atoms with Gasteiger partial charge < -0.3 is 30.9 Å². The quantitative estimate of drug-likeness (QED) is 0.214. The van der Waals surface area contributed by atoms with Crippen LogP contribution in [0, 0.1) is 23.7 Å². The molecular weight excluding hydrogens is 572 g/mol. The number of carbonyl (C=O) groups excluding carboxylic acids is 6. The Morgan fingerprint density at radius 2 is 1.77 bits per heavy atom. The summed E-state index contributed by atoms with van der Waals surface area (Å²) in [5, 5.41) is 25.6. The second-order valence-electron chi connectivity index (χ2n) is 12.5. The van der Waals surface area contributed by atoms with E-state index >= 15 is 0 Å². The number of ether oxygens (including phenoxy) is 1. The van der Waals surface area contributed by atoms with E-state index in [-0.39, 0.29) is 37.1 Å². The number of nitrogens with zero attached hydrogens (tertiary/aromatic N) is 2. The third-order valence-electron chi connectivity index (χ3n) is 9.25. The minimum Gasteiger partial charge on any atom is -0.507 e. The number of likely N-dealkylation sites (N-methyl/N-ethyl adjacent to an activating group) is 1. The molecule has 6 atom stereocenters. The molecule has 2 unspecified atom stereocenters. The van der Waals surface area contributed by atoms with Crippen molar-refractivity contribution in [3.63, 3.8) is 0 Å². The van der Waals surface area contributed by atoms with Crippen molar-refractivity contribution >= 4 is 40.8 Å². The van der Waals surface area contributed by atoms with E-state index in [1.807, 2.05) is 0 Å². The normalized spacial score (nSPS) is 27.8. The van der Waals surface area contributed by atoms with Crippen LogP contribution in [0.2, 0.25) is 0 Å². The largest absolute Gasteiger partial charge is 0.507 e. The molecule has 0 saturated heterocycles. The summed E-state index contributed by atoms with van der Waals surface area (Å²) in [7, 11) is 6.57. The molecular formula is C31H42N4O9. The van der Waals surface area contributed by atoms with Crippen LogP contribution in [0.25, 0.3) is 0 Å². The zero-order chi connectivity index (χ0) is 32.7. The minimum atomic E-state index is -2.79. The maximum Gasteiger partial charge on any atom is 0.407 e. The standard InChI is InChI=1S/C31H42N4O9/c1-6-7-8-9-10-44-30(42)33-14-16-13-19(34(2)3)17-11-15-12-18-23(35(4)5)26(38)22(29(32)41)28(40)31(18,43)27(39)20(15)25(37)21(17)24(16)36/h13,15,18,20,22-23,36,43H,6-12,14H2,1-5H3,(H2,32,41)(H,33,42)/t15-,18-,20?,22?,23-,31-/m1/s1. The number of anilines is 1. The fraction of sp³-hybridized carbons (Fsp3) is 0.613. The number of benzene rings is 1. The lowest BCUT2D eigenvalue weighted by Gasteiger charge is -2.52. The highest BCUT2D eigenvalue weighted by Gasteiger charge is 2.69. The van der Waals surface area contributed by atoms with Gasteiger partial charge in [-0.3, -0.25) is 28.9 Å². The number of aliphatic hydroxyl groups is 1. The highest BCUT2D eigenvalue weighted by Crippen LogP contribution is 2.52. The molecule has 3 aliphatic carbocycles. The maximum atomic E-state index is 14.1. The first kappa shape index (κ1) is 33.1. The average molecular weight is 615 g/mol. The van der Waals surface area contributed by atoms with Crippen LogP contribution in [0.3, 0.4) is 0 Å². The minimum absolute atomic E-state index is 0.0368. The van der Waals surface area contributed by atoms with Crippen LogP contribution in [0.15, 0.2) is 6.07 Å². The lowest BCUT2D eigenvalue weighted by Crippen LogP contribution is -2.74. The van der Waals surface area contributed by atoms with Gasteiger partial charge in [0.1, 0.15) is 5.75 Å². The summed E-state index contributed by atoms with van der Waals surface area (Å²) in [6.07, 6.45) is 3.15. The van der Waals surface area contributed by atoms with Crippen LogP contribution < -0.4 is 16.0 Å². The van der Waals surface area contributed by atoms with Crippen LogP contribution in [0.5, 0.6) is 5.75 Å². The van der Waals surface area contributed by atoms with Crippen molar-refractivity contribution in [1.82, 2.24) is 10.2 Å². The number of amides is 2. The zero-order valence-corrected chi connectivity index (χ0v) is 25.8. The van der Waals surface area contributed by atoms with E-state index in [1.54, 1.807) is 25.1 Å². The van der Waals surface area contributed by atoms with Crippen molar-refractivity contribution in [2.24, 2.45) is 29.4 Å². The van der Waals surface area contributed by atoms with Crippen LogP contribution in [-0.4, -0.2) is 96.7 Å². The van der Waals surface area contributed by atoms with E-state index in [9.17, 15) is 39.0 Å². The predicted molar refractivity (Wildman–Crippen MR) is 158 cm³/mol. The number of phenolic OH excluding ortho intramolecular Hbond substituents is 1. The van der Waals surface area contributed by atoms with Crippen molar-refractivity contribution in [3.05, 3.63) is 22.8 Å². The van der Waals surface area contributed by atoms with E-state index in [0.29, 0.717) is 11.3 Å². The Kier molecular flexibility index (Phi) is 9.50. The van der Waals surface area contributed by atoms with Crippen LogP contribution >= 0.6 is 0 Å². The first-order valence-corrected chi connectivity index (χ1v) is 15.0. The maximum absolute atomic E-state index is 14.1. The van der Waals surface area contributed by atoms with Gasteiger partial charge in [-0.2, -0.15) is 0 Å². The number of ketones is 4. The number of rotatable bonds is 10. The van der Waals surface area contributed by atoms with Crippen molar-refractivity contribution in [2.45, 2.75) is 63.6 Å². The lowest BCUT2D eigenvalue weighted by molar-refractivity contribution is -0.181. The Morgan fingerprint density at radius 3 is 2.36 bits per heavy atom. The molecule has 1 aromatic carbocycles. The third-order valence-corrected chi connectivity index (χ3v) is 9.25. The molecule has 0 bridgehead atoms. The molecule has 0 radical (unpaired) electrons. The number of hydrogen-bond acceptors (Lipinski definition) is 11. The Bertz CT molecular complexity index is 1390. The first-order chi connectivity index (χ1) is 20.7. The summed E-state index contributed by atoms with van der Waals surface area (Å²) < 4.78 is 5.20. The van der Waals surface area contributed by atoms with Gasteiger partial charge in [0.25, 0.3) is 0 Å². The molecule has 2 fully saturated rings. The number of nitrogens with two attached hydrogens (primary N) is 1. The average Bonchev–Trinajstić information content (AvgIpc) is 2.93. The number of Topliss-reactive ketones (excluding diaryl/α,β-unsaturated/α-hetero) is 4. The third kappa shape index (κ3) is 5.47. The number of aromatic hydroxyl groups is 1. The number of primary amides is 1. The van der Waals surface area contributed by atoms with Crippen molar-refractivity contribution in [3.8, 4) is 5.75 Å². The number of unbranched alkanes of at least 4 members (excludes halogenated alkanes) is 3. The number of carbonyl (C=O) groups is 6. The summed E-state index contributed by atoms with van der Waals surface area (Å²) in [6.45, 7) is 2.15. The fourth-order valence-electron chi connectivity index (χ4n) is 7.15. The Labute approximate surface area is 256 Å². The topological polar surface area (TPSA) is 197 Å². The Hall–Kier alpha value is -3.84. The summed E-state index contributed by atoms with van der Waals surface area (Å²) in [6, 6.07) is 0.482. The van der Waals surface area contributed by atoms with E-state index in [2.05, 4.69) is 12.2 Å². The smallest absolute Gasteiger partial charge is 0.407 e. The van der Waals surface area contributed by atoms with Gasteiger partial charge in [0.05, 0.1) is 24.1 Å². The van der Waals surface area contributed by atoms with Gasteiger partial charge in [0.15, 0.2) is 34.7 Å². The molecule has 3 aliphatic rings. The lowest BCUT2D eigenvalue weighted by atomic mass is 9.52. The molecule has 0 aromatic heterocycles. The first-order valence-electron chi connectivity index (χ1n) is 15.0. The Morgan fingerprint density at radius 1 is 1.09 bits per heavy atom. The summed E-state index contributed by atoms with van der Waals surface area (Å²) in [5.74, 6) is -11.1. The van der Waals surface area contributed by atoms with Gasteiger partial charge in [-0.05, 0) is 50.9 Å². The van der Waals surface area contributed by atoms with Crippen LogP contribution in [0.1, 0.15) is 60.5 Å². The van der Waals surface area contributed by atoms with Crippen LogP contribution in [-0.2, 0) is 36.9 Å². The molecule has 1 aromatic rings. The van der Waals surface area contributed by atoms with E-state index in [1.165, 1.54) is 19.0 Å². The van der Waals surface area contributed by atoms with Crippen molar-refractivity contribution < 1.29 is 43.7 Å². The van der Waals surface area contributed by atoms with Gasteiger partial charge in [-0.25, -0.2) is 4.79 Å². The number of nitrogens with one attached hydrogen (secondary N) is 1. The molecule has 5 N–H and O–H groups in total. The molecule has 0 aliphatic heterocycles. The van der Waals surface area contributed by atoms with Gasteiger partial charge in [-0.1, -0.05) is 26.2 Å². The van der Waals surface area contributed by atoms with Crippen LogP contribution in [0.4, 0.5) is 10.5 Å². The van der Waals surface area contributed by atoms with E-state index in [0.717, 1.165) is 25.7 Å². The van der Waals surface area contributed by atoms with Gasteiger partial charge in [-0.15, -0.1) is 0 Å². The molecule has 0 heterocycles. The van der Waals surface area contributed by atoms with Gasteiger partial charge >= 0.3 is 6.09 Å². The number of phenols is 1. The Balaban J connectivity index is 1.70. The summed E-state index contributed by atoms with van der Waals surface area (Å²) >= 11 is 0. The molecule has 13 heteroatoms. The summed E-state index contributed by atoms with van der Waals surface area (Å²) in [4.78, 5) is 82.5. The van der Waals surface area contributed by atoms with Gasteiger partial charge in [0.2, 0.25) is 5.91 Å². The molecule has 13 nitrogen and oxygen atoms in total. The molecule has 4 rings (SSSR count). The number of hydrogen-bond donors (Lipinski definition) is 4. The monoisotopic (exact) mass is 614 g/mol. The highest BCUT2D eigenvalue weighted by atomic mass is 16.5. The molecule has 2 amide bonds. The molecule has 2 saturated carbocycles. The second kappa shape index (κ2) is 12.6. The second-order valence-corrected chi connectivity index (χ2v) is 12.5. The molecule has 44 heavy (non-hydrogen) atoms. The fourth-order valence-corrected chi connectivity index (χ4v) is 7.15.